The largest absolute Gasteiger partial charge is 0.368 e. The molecular formula is C30H26N6O2S. The van der Waals surface area contributed by atoms with Crippen molar-refractivity contribution in [1.82, 2.24) is 20.3 Å². The van der Waals surface area contributed by atoms with Crippen LogP contribution in [0.2, 0.25) is 0 Å². The standard InChI is InChI=1S/C30H26N6O2S/c1-19-7-11-21(12-8-19)26-27(22-5-3-2-4-6-22)39-30(36-26)34-23-13-9-20(10-14-23)17-24(28(31)37)35-29(38)25-18-32-15-16-33-25/h2-16,18,24H,17H2,1H3,(H2,31,37)(H,34,36)(H,35,38). The van der Waals surface area contributed by atoms with E-state index < -0.39 is 17.9 Å². The molecule has 0 bridgehead atoms. The quantitative estimate of drug-likeness (QED) is 0.240. The summed E-state index contributed by atoms with van der Waals surface area (Å²) in [6.07, 6.45) is 4.46. The molecule has 5 rings (SSSR count). The molecule has 5 aromatic rings. The maximum Gasteiger partial charge on any atom is 0.272 e. The van der Waals surface area contributed by atoms with Crippen molar-refractivity contribution in [1.29, 1.82) is 0 Å². The summed E-state index contributed by atoms with van der Waals surface area (Å²) in [6.45, 7) is 2.07. The number of hydrogen-bond donors (Lipinski definition) is 3. The van der Waals surface area contributed by atoms with E-state index in [1.807, 2.05) is 42.5 Å². The van der Waals surface area contributed by atoms with Gasteiger partial charge < -0.3 is 16.4 Å². The third kappa shape index (κ3) is 6.34. The predicted molar refractivity (Wildman–Crippen MR) is 154 cm³/mol. The zero-order valence-corrected chi connectivity index (χ0v) is 22.0. The number of thiazole rings is 1. The van der Waals surface area contributed by atoms with Gasteiger partial charge in [0.25, 0.3) is 5.91 Å². The van der Waals surface area contributed by atoms with E-state index in [1.165, 1.54) is 24.2 Å². The van der Waals surface area contributed by atoms with Crippen LogP contribution in [0, 0.1) is 6.92 Å². The maximum absolute atomic E-state index is 12.4. The molecule has 2 aromatic heterocycles. The minimum atomic E-state index is -0.886. The van der Waals surface area contributed by atoms with E-state index in [1.54, 1.807) is 11.3 Å². The molecule has 3 aromatic carbocycles. The van der Waals surface area contributed by atoms with Gasteiger partial charge >= 0.3 is 0 Å². The summed E-state index contributed by atoms with van der Waals surface area (Å²) in [5, 5.41) is 6.81. The van der Waals surface area contributed by atoms with Crippen molar-refractivity contribution in [3.63, 3.8) is 0 Å². The van der Waals surface area contributed by atoms with Crippen LogP contribution in [0.4, 0.5) is 10.8 Å². The monoisotopic (exact) mass is 534 g/mol. The van der Waals surface area contributed by atoms with Crippen LogP contribution in [-0.2, 0) is 11.2 Å². The molecule has 0 saturated heterocycles. The van der Waals surface area contributed by atoms with Crippen molar-refractivity contribution in [2.45, 2.75) is 19.4 Å². The molecule has 4 N–H and O–H groups in total. The molecular weight excluding hydrogens is 508 g/mol. The highest BCUT2D eigenvalue weighted by Crippen LogP contribution is 2.39. The number of benzene rings is 3. The van der Waals surface area contributed by atoms with Gasteiger partial charge in [-0.3, -0.25) is 14.6 Å². The summed E-state index contributed by atoms with van der Waals surface area (Å²) in [5.41, 5.74) is 11.6. The number of hydrogen-bond acceptors (Lipinski definition) is 7. The van der Waals surface area contributed by atoms with Gasteiger partial charge in [-0.05, 0) is 30.2 Å². The Labute approximate surface area is 230 Å². The van der Waals surface area contributed by atoms with Crippen LogP contribution in [-0.4, -0.2) is 32.8 Å². The minimum absolute atomic E-state index is 0.117. The molecule has 9 heteroatoms. The van der Waals surface area contributed by atoms with Crippen LogP contribution >= 0.6 is 11.3 Å². The lowest BCUT2D eigenvalue weighted by Crippen LogP contribution is -2.46. The van der Waals surface area contributed by atoms with Crippen molar-refractivity contribution in [2.24, 2.45) is 5.73 Å². The Balaban J connectivity index is 1.32. The first kappa shape index (κ1) is 25.7. The summed E-state index contributed by atoms with van der Waals surface area (Å²) in [6, 6.07) is 25.3. The fraction of sp³-hybridized carbons (Fsp3) is 0.100. The highest BCUT2D eigenvalue weighted by atomic mass is 32.1. The van der Waals surface area contributed by atoms with Crippen LogP contribution in [0.1, 0.15) is 21.6 Å². The lowest BCUT2D eigenvalue weighted by molar-refractivity contribution is -0.119. The van der Waals surface area contributed by atoms with E-state index in [9.17, 15) is 9.59 Å². The van der Waals surface area contributed by atoms with E-state index in [2.05, 4.69) is 63.9 Å². The first-order valence-corrected chi connectivity index (χ1v) is 13.1. The number of aromatic nitrogens is 3. The SMILES string of the molecule is Cc1ccc(-c2nc(Nc3ccc(CC(NC(=O)c4cnccn4)C(N)=O)cc3)sc2-c2ccccc2)cc1. The minimum Gasteiger partial charge on any atom is -0.368 e. The summed E-state index contributed by atoms with van der Waals surface area (Å²) >= 11 is 1.59. The van der Waals surface area contributed by atoms with Crippen LogP contribution in [0.15, 0.2) is 97.5 Å². The van der Waals surface area contributed by atoms with Crippen molar-refractivity contribution in [3.05, 3.63) is 114 Å². The first-order chi connectivity index (χ1) is 19.0. The highest BCUT2D eigenvalue weighted by molar-refractivity contribution is 7.19. The van der Waals surface area contributed by atoms with Gasteiger partial charge in [0.2, 0.25) is 5.91 Å². The molecule has 0 radical (unpaired) electrons. The number of amides is 2. The average molecular weight is 535 g/mol. The Morgan fingerprint density at radius 2 is 1.67 bits per heavy atom. The lowest BCUT2D eigenvalue weighted by Gasteiger charge is -2.15. The van der Waals surface area contributed by atoms with Crippen molar-refractivity contribution in [2.75, 3.05) is 5.32 Å². The van der Waals surface area contributed by atoms with Crippen LogP contribution in [0.25, 0.3) is 21.7 Å². The number of nitrogens with one attached hydrogen (secondary N) is 2. The molecule has 0 spiro atoms. The molecule has 8 nitrogen and oxygen atoms in total. The fourth-order valence-electron chi connectivity index (χ4n) is 4.02. The summed E-state index contributed by atoms with van der Waals surface area (Å²) in [4.78, 5) is 38.3. The Kier molecular flexibility index (Phi) is 7.70. The van der Waals surface area contributed by atoms with Crippen LogP contribution < -0.4 is 16.4 Å². The van der Waals surface area contributed by atoms with E-state index in [0.29, 0.717) is 0 Å². The Morgan fingerprint density at radius 1 is 0.923 bits per heavy atom. The number of nitrogens with two attached hydrogens (primary N) is 1. The number of anilines is 2. The van der Waals surface area contributed by atoms with Crippen LogP contribution in [0.3, 0.4) is 0 Å². The molecule has 0 saturated carbocycles. The van der Waals surface area contributed by atoms with Crippen LogP contribution in [0.5, 0.6) is 0 Å². The molecule has 1 unspecified atom stereocenters. The van der Waals surface area contributed by atoms with Gasteiger partial charge in [0.15, 0.2) is 5.13 Å². The third-order valence-electron chi connectivity index (χ3n) is 6.08. The number of primary amides is 1. The van der Waals surface area contributed by atoms with Gasteiger partial charge in [-0.2, -0.15) is 0 Å². The van der Waals surface area contributed by atoms with Crippen molar-refractivity contribution < 1.29 is 9.59 Å². The average Bonchev–Trinajstić information content (AvgIpc) is 3.38. The lowest BCUT2D eigenvalue weighted by atomic mass is 10.0. The van der Waals surface area contributed by atoms with Crippen molar-refractivity contribution in [3.8, 4) is 21.7 Å². The predicted octanol–water partition coefficient (Wildman–Crippen LogP) is 5.15. The van der Waals surface area contributed by atoms with E-state index >= 15 is 0 Å². The molecule has 39 heavy (non-hydrogen) atoms. The molecule has 0 aliphatic rings. The Bertz CT molecular complexity index is 1570. The van der Waals surface area contributed by atoms with Gasteiger partial charge in [0.05, 0.1) is 16.8 Å². The molecule has 1 atom stereocenters. The Morgan fingerprint density at radius 3 is 2.33 bits per heavy atom. The normalized spacial score (nSPS) is 11.5. The van der Waals surface area contributed by atoms with Gasteiger partial charge in [0, 0.05) is 30.1 Å². The topological polar surface area (TPSA) is 123 Å². The molecule has 2 amide bonds. The smallest absolute Gasteiger partial charge is 0.272 e. The third-order valence-corrected chi connectivity index (χ3v) is 7.10. The van der Waals surface area contributed by atoms with Crippen molar-refractivity contribution >= 4 is 34.0 Å². The summed E-state index contributed by atoms with van der Waals surface area (Å²) in [7, 11) is 0. The molecule has 2 heterocycles. The second kappa shape index (κ2) is 11.7. The zero-order chi connectivity index (χ0) is 27.2. The number of nitrogens with zero attached hydrogens (tertiary/aromatic N) is 3. The number of rotatable bonds is 9. The summed E-state index contributed by atoms with van der Waals surface area (Å²) < 4.78 is 0. The van der Waals surface area contributed by atoms with E-state index in [4.69, 9.17) is 10.7 Å². The Hall–Kier alpha value is -4.89. The number of carbonyl (C=O) groups excluding carboxylic acids is 2. The van der Waals surface area contributed by atoms with Gasteiger partial charge in [0.1, 0.15) is 11.7 Å². The van der Waals surface area contributed by atoms with Gasteiger partial charge in [-0.25, -0.2) is 9.97 Å². The number of carbonyl (C=O) groups is 2. The van der Waals surface area contributed by atoms with Gasteiger partial charge in [-0.1, -0.05) is 83.6 Å². The van der Waals surface area contributed by atoms with E-state index in [0.717, 1.165) is 38.1 Å². The second-order valence-electron chi connectivity index (χ2n) is 8.97. The summed E-state index contributed by atoms with van der Waals surface area (Å²) in [5.74, 6) is -1.14. The molecule has 0 fully saturated rings. The van der Waals surface area contributed by atoms with E-state index in [-0.39, 0.29) is 12.1 Å². The molecule has 0 aliphatic heterocycles. The fourth-order valence-corrected chi connectivity index (χ4v) is 5.03. The number of aryl methyl sites for hydroxylation is 1. The molecule has 0 aliphatic carbocycles. The molecule has 194 valence electrons. The maximum atomic E-state index is 12.4. The second-order valence-corrected chi connectivity index (χ2v) is 9.97. The highest BCUT2D eigenvalue weighted by Gasteiger charge is 2.20. The van der Waals surface area contributed by atoms with Gasteiger partial charge in [-0.15, -0.1) is 0 Å². The zero-order valence-electron chi connectivity index (χ0n) is 21.2. The first-order valence-electron chi connectivity index (χ1n) is 12.3.